The Hall–Kier alpha value is -1.84. The molecule has 9 heteroatoms. The summed E-state index contributed by atoms with van der Waals surface area (Å²) in [5.74, 6) is 0.640. The molecule has 0 saturated carbocycles. The van der Waals surface area contributed by atoms with Crippen LogP contribution in [0.2, 0.25) is 5.02 Å². The Morgan fingerprint density at radius 3 is 2.50 bits per heavy atom. The predicted octanol–water partition coefficient (Wildman–Crippen LogP) is 3.40. The number of nitrogens with zero attached hydrogens (tertiary/aromatic N) is 2. The van der Waals surface area contributed by atoms with Gasteiger partial charge in [-0.1, -0.05) is 36.7 Å². The van der Waals surface area contributed by atoms with Crippen LogP contribution in [-0.4, -0.2) is 65.9 Å². The molecule has 2 saturated heterocycles. The summed E-state index contributed by atoms with van der Waals surface area (Å²) >= 11 is 6.20. The lowest BCUT2D eigenvalue weighted by atomic mass is 9.98. The molecule has 186 valence electrons. The van der Waals surface area contributed by atoms with Gasteiger partial charge in [-0.3, -0.25) is 4.90 Å². The molecule has 3 unspecified atom stereocenters. The van der Waals surface area contributed by atoms with Gasteiger partial charge in [0.25, 0.3) is 0 Å². The average molecular weight is 507 g/mol. The molecular weight excluding hydrogens is 472 g/mol. The first-order valence-corrected chi connectivity index (χ1v) is 13.8. The molecule has 4 rings (SSSR count). The number of methoxy groups -OCH3 is 1. The Bertz CT molecular complexity index is 1070. The van der Waals surface area contributed by atoms with Gasteiger partial charge in [0.05, 0.1) is 13.3 Å². The van der Waals surface area contributed by atoms with Gasteiger partial charge in [0, 0.05) is 42.8 Å². The number of halogens is 1. The minimum absolute atomic E-state index is 0.0807. The number of benzene rings is 2. The maximum absolute atomic E-state index is 12.8. The summed E-state index contributed by atoms with van der Waals surface area (Å²) in [5.41, 5.74) is 3.27. The number of hydrogen-bond donors (Lipinski definition) is 2. The predicted molar refractivity (Wildman–Crippen MR) is 138 cm³/mol. The molecule has 2 fully saturated rings. The second-order valence-corrected chi connectivity index (χ2v) is 11.5. The van der Waals surface area contributed by atoms with Crippen LogP contribution >= 0.6 is 11.6 Å². The maximum Gasteiger partial charge on any atom is 0.220 e. The first kappa shape index (κ1) is 25.3. The summed E-state index contributed by atoms with van der Waals surface area (Å²) in [4.78, 5) is 4.88. The number of hydrogen-bond acceptors (Lipinski definition) is 6. The van der Waals surface area contributed by atoms with Crippen LogP contribution < -0.4 is 19.7 Å². The third-order valence-corrected chi connectivity index (χ3v) is 9.16. The summed E-state index contributed by atoms with van der Waals surface area (Å²) in [6.45, 7) is 9.86. The van der Waals surface area contributed by atoms with E-state index >= 15 is 0 Å². The number of ether oxygens (including phenoxy) is 1. The van der Waals surface area contributed by atoms with Crippen LogP contribution in [0.1, 0.15) is 29.7 Å². The summed E-state index contributed by atoms with van der Waals surface area (Å²) in [5, 5.41) is 3.64. The highest BCUT2D eigenvalue weighted by molar-refractivity contribution is 7.90. The van der Waals surface area contributed by atoms with Gasteiger partial charge in [0.2, 0.25) is 10.0 Å². The van der Waals surface area contributed by atoms with E-state index in [9.17, 15) is 8.42 Å². The zero-order chi connectivity index (χ0) is 24.3. The van der Waals surface area contributed by atoms with Gasteiger partial charge in [0.15, 0.2) is 0 Å². The van der Waals surface area contributed by atoms with E-state index < -0.39 is 15.3 Å². The van der Waals surface area contributed by atoms with E-state index in [4.69, 9.17) is 16.3 Å². The molecule has 7 nitrogen and oxygen atoms in total. The normalized spacial score (nSPS) is 24.9. The Morgan fingerprint density at radius 1 is 1.12 bits per heavy atom. The van der Waals surface area contributed by atoms with E-state index in [2.05, 4.69) is 38.9 Å². The van der Waals surface area contributed by atoms with E-state index in [0.29, 0.717) is 0 Å². The Kier molecular flexibility index (Phi) is 8.05. The van der Waals surface area contributed by atoms with Crippen molar-refractivity contribution in [3.63, 3.8) is 0 Å². The van der Waals surface area contributed by atoms with Crippen molar-refractivity contribution in [2.24, 2.45) is 5.92 Å². The first-order valence-electron chi connectivity index (χ1n) is 11.9. The molecule has 3 atom stereocenters. The lowest BCUT2D eigenvalue weighted by Crippen LogP contribution is -2.48. The van der Waals surface area contributed by atoms with Crippen LogP contribution in [0.3, 0.4) is 0 Å². The van der Waals surface area contributed by atoms with E-state index in [1.165, 1.54) is 11.3 Å². The van der Waals surface area contributed by atoms with Crippen molar-refractivity contribution >= 4 is 27.3 Å². The van der Waals surface area contributed by atoms with Crippen LogP contribution in [0.15, 0.2) is 42.5 Å². The lowest BCUT2D eigenvalue weighted by Gasteiger charge is -2.37. The number of aryl methyl sites for hydroxylation is 1. The summed E-state index contributed by atoms with van der Waals surface area (Å²) < 4.78 is 33.6. The molecule has 0 spiro atoms. The molecule has 2 N–H and O–H groups in total. The van der Waals surface area contributed by atoms with Crippen LogP contribution in [0.4, 0.5) is 5.69 Å². The fourth-order valence-corrected chi connectivity index (χ4v) is 7.22. The van der Waals surface area contributed by atoms with Gasteiger partial charge in [-0.2, -0.15) is 4.72 Å². The standard InChI is InChI=1S/C25H35ClN4O3S/c1-18-5-8-21(26)17-23(18)30-15-13-29(14-16-30)12-4-11-27-25-19(2)24(34(31,32)28-25)20-6-9-22(33-3)10-7-20/h5-10,17,19,24-25,27-28H,4,11-16H2,1-3H3. The van der Waals surface area contributed by atoms with Gasteiger partial charge in [-0.05, 0) is 61.8 Å². The molecule has 2 aromatic carbocycles. The van der Waals surface area contributed by atoms with Crippen LogP contribution in [0.25, 0.3) is 0 Å². The highest BCUT2D eigenvalue weighted by atomic mass is 35.5. The average Bonchev–Trinajstić information content (AvgIpc) is 3.06. The van der Waals surface area contributed by atoms with Gasteiger partial charge >= 0.3 is 0 Å². The van der Waals surface area contributed by atoms with Gasteiger partial charge < -0.3 is 15.0 Å². The van der Waals surface area contributed by atoms with Crippen molar-refractivity contribution in [1.82, 2.24) is 14.9 Å². The number of anilines is 1. The summed E-state index contributed by atoms with van der Waals surface area (Å²) in [6.07, 6.45) is 0.702. The Labute approximate surface area is 208 Å². The van der Waals surface area contributed by atoms with Crippen molar-refractivity contribution < 1.29 is 13.2 Å². The molecule has 34 heavy (non-hydrogen) atoms. The molecule has 0 radical (unpaired) electrons. The van der Waals surface area contributed by atoms with Crippen LogP contribution in [0.5, 0.6) is 5.75 Å². The summed E-state index contributed by atoms with van der Waals surface area (Å²) in [6, 6.07) is 13.4. The maximum atomic E-state index is 12.8. The van der Waals surface area contributed by atoms with Gasteiger partial charge in [-0.15, -0.1) is 0 Å². The topological polar surface area (TPSA) is 73.9 Å². The van der Waals surface area contributed by atoms with Crippen molar-refractivity contribution in [3.05, 3.63) is 58.6 Å². The first-order chi connectivity index (χ1) is 16.3. The Balaban J connectivity index is 1.23. The van der Waals surface area contributed by atoms with Crippen molar-refractivity contribution in [1.29, 1.82) is 0 Å². The van der Waals surface area contributed by atoms with Crippen molar-refractivity contribution in [3.8, 4) is 5.75 Å². The molecule has 2 aromatic rings. The number of piperazine rings is 1. The van der Waals surface area contributed by atoms with Crippen LogP contribution in [0, 0.1) is 12.8 Å². The smallest absolute Gasteiger partial charge is 0.220 e. The molecule has 2 heterocycles. The minimum atomic E-state index is -3.43. The van der Waals surface area contributed by atoms with Gasteiger partial charge in [-0.25, -0.2) is 8.42 Å². The highest BCUT2D eigenvalue weighted by Gasteiger charge is 2.44. The molecule has 2 aliphatic heterocycles. The van der Waals surface area contributed by atoms with Crippen molar-refractivity contribution in [2.45, 2.75) is 31.7 Å². The van der Waals surface area contributed by atoms with Crippen molar-refractivity contribution in [2.75, 3.05) is 51.3 Å². The molecule has 0 aliphatic carbocycles. The molecule has 0 bridgehead atoms. The van der Waals surface area contributed by atoms with E-state index in [1.54, 1.807) is 7.11 Å². The van der Waals surface area contributed by atoms with Gasteiger partial charge in [0.1, 0.15) is 11.0 Å². The van der Waals surface area contributed by atoms with E-state index in [0.717, 1.165) is 62.0 Å². The SMILES string of the molecule is COc1ccc(C2C(C)C(NCCCN3CCN(c4cc(Cl)ccc4C)CC3)NS2(=O)=O)cc1. The largest absolute Gasteiger partial charge is 0.497 e. The highest BCUT2D eigenvalue weighted by Crippen LogP contribution is 2.37. The third-order valence-electron chi connectivity index (χ3n) is 6.97. The zero-order valence-corrected chi connectivity index (χ0v) is 21.7. The molecular formula is C25H35ClN4O3S. The fraction of sp³-hybridized carbons (Fsp3) is 0.520. The monoisotopic (exact) mass is 506 g/mol. The Morgan fingerprint density at radius 2 is 1.82 bits per heavy atom. The van der Waals surface area contributed by atoms with Crippen LogP contribution in [-0.2, 0) is 10.0 Å². The second-order valence-electron chi connectivity index (χ2n) is 9.26. The number of rotatable bonds is 8. The fourth-order valence-electron chi connectivity index (χ4n) is 5.01. The quantitative estimate of drug-likeness (QED) is 0.535. The molecule has 0 aromatic heterocycles. The third kappa shape index (κ3) is 5.69. The zero-order valence-electron chi connectivity index (χ0n) is 20.1. The second kappa shape index (κ2) is 10.8. The van der Waals surface area contributed by atoms with E-state index in [1.807, 2.05) is 37.3 Å². The molecule has 0 amide bonds. The number of nitrogens with one attached hydrogen (secondary N) is 2. The van der Waals surface area contributed by atoms with E-state index in [-0.39, 0.29) is 12.1 Å². The summed E-state index contributed by atoms with van der Waals surface area (Å²) in [7, 11) is -1.83. The molecule has 2 aliphatic rings. The minimum Gasteiger partial charge on any atom is -0.497 e. The number of sulfonamides is 1. The lowest BCUT2D eigenvalue weighted by molar-refractivity contribution is 0.250.